The number of rotatable bonds is 15. The number of nitrogens with zero attached hydrogens (tertiary/aromatic N) is 2. The smallest absolute Gasteiger partial charge is 0.309 e. The molecule has 3 rings (SSSR count). The van der Waals surface area contributed by atoms with Gasteiger partial charge in [0.25, 0.3) is 0 Å². The van der Waals surface area contributed by atoms with Crippen molar-refractivity contribution in [2.45, 2.75) is 109 Å². The summed E-state index contributed by atoms with van der Waals surface area (Å²) >= 11 is 0. The summed E-state index contributed by atoms with van der Waals surface area (Å²) in [5.41, 5.74) is 1.79. The van der Waals surface area contributed by atoms with Crippen molar-refractivity contribution in [2.75, 3.05) is 13.2 Å². The molecule has 2 aromatic rings. The third kappa shape index (κ3) is 9.64. The number of hydrogen-bond donors (Lipinski definition) is 0. The number of ether oxygens (including phenoxy) is 2. The van der Waals surface area contributed by atoms with Gasteiger partial charge in [0.1, 0.15) is 5.75 Å². The van der Waals surface area contributed by atoms with Crippen LogP contribution in [0.4, 0.5) is 0 Å². The van der Waals surface area contributed by atoms with Crippen molar-refractivity contribution in [1.29, 1.82) is 5.26 Å². The Kier molecular flexibility index (Phi) is 12.0. The standard InChI is InChI=1S/C34H47N2O4/c1-33(2)24-30(25-34(3,4)36(33)38)32(37)40-23-13-11-9-7-5-6-8-10-12-22-39-31-20-18-29(19-21-31)28-16-14-27(26-35)15-17-28/h14-21,30H,5-13,22-25H2,1-4H3. The number of piperidine rings is 1. The van der Waals surface area contributed by atoms with Crippen molar-refractivity contribution in [2.24, 2.45) is 5.92 Å². The summed E-state index contributed by atoms with van der Waals surface area (Å²) in [6, 6.07) is 17.9. The molecular formula is C34H47N2O4. The highest BCUT2D eigenvalue weighted by Crippen LogP contribution is 2.40. The number of carbonyl (C=O) groups is 1. The number of benzene rings is 2. The largest absolute Gasteiger partial charge is 0.494 e. The number of nitriles is 1. The average Bonchev–Trinajstić information content (AvgIpc) is 2.94. The SMILES string of the molecule is CC1(C)CC(C(=O)OCCCCCCCCCCCOc2ccc(-c3ccc(C#N)cc3)cc2)CC(C)(C)N1[O]. The number of unbranched alkanes of at least 4 members (excludes halogenated alkanes) is 8. The van der Waals surface area contributed by atoms with E-state index in [0.717, 1.165) is 47.8 Å². The third-order valence-corrected chi connectivity index (χ3v) is 7.93. The second-order valence-corrected chi connectivity index (χ2v) is 12.4. The van der Waals surface area contributed by atoms with Crippen LogP contribution in [0, 0.1) is 17.2 Å². The quantitative estimate of drug-likeness (QED) is 0.165. The molecule has 1 aliphatic heterocycles. The summed E-state index contributed by atoms with van der Waals surface area (Å²) in [4.78, 5) is 12.6. The van der Waals surface area contributed by atoms with Crippen molar-refractivity contribution in [3.63, 3.8) is 0 Å². The van der Waals surface area contributed by atoms with E-state index in [-0.39, 0.29) is 11.9 Å². The van der Waals surface area contributed by atoms with Crippen LogP contribution in [0.2, 0.25) is 0 Å². The molecule has 0 spiro atoms. The van der Waals surface area contributed by atoms with E-state index in [1.54, 1.807) is 0 Å². The van der Waals surface area contributed by atoms with Crippen LogP contribution in [-0.4, -0.2) is 35.3 Å². The molecule has 0 aromatic heterocycles. The minimum absolute atomic E-state index is 0.140. The lowest BCUT2D eigenvalue weighted by Gasteiger charge is -2.49. The average molecular weight is 548 g/mol. The van der Waals surface area contributed by atoms with Crippen molar-refractivity contribution in [3.05, 3.63) is 54.1 Å². The highest BCUT2D eigenvalue weighted by atomic mass is 16.5. The van der Waals surface area contributed by atoms with Crippen LogP contribution in [0.25, 0.3) is 11.1 Å². The molecule has 1 radical (unpaired) electrons. The maximum absolute atomic E-state index is 12.6. The van der Waals surface area contributed by atoms with E-state index in [9.17, 15) is 10.0 Å². The Hall–Kier alpha value is -2.88. The van der Waals surface area contributed by atoms with E-state index in [2.05, 4.69) is 18.2 Å². The first-order valence-electron chi connectivity index (χ1n) is 15.0. The Morgan fingerprint density at radius 1 is 0.775 bits per heavy atom. The summed E-state index contributed by atoms with van der Waals surface area (Å²) in [6.07, 6.45) is 11.5. The van der Waals surface area contributed by atoms with Crippen LogP contribution in [-0.2, 0) is 14.7 Å². The molecule has 0 aliphatic carbocycles. The number of carbonyl (C=O) groups excluding carboxylic acids is 1. The lowest BCUT2D eigenvalue weighted by atomic mass is 9.75. The minimum atomic E-state index is -0.542. The summed E-state index contributed by atoms with van der Waals surface area (Å²) in [5, 5.41) is 22.6. The van der Waals surface area contributed by atoms with Gasteiger partial charge >= 0.3 is 5.97 Å². The maximum Gasteiger partial charge on any atom is 0.309 e. The fourth-order valence-electron chi connectivity index (χ4n) is 5.83. The Balaban J connectivity index is 1.15. The van der Waals surface area contributed by atoms with E-state index in [1.807, 2.05) is 64.1 Å². The van der Waals surface area contributed by atoms with Crippen LogP contribution in [0.15, 0.2) is 48.5 Å². The van der Waals surface area contributed by atoms with Gasteiger partial charge in [-0.3, -0.25) is 4.79 Å². The molecule has 0 unspecified atom stereocenters. The van der Waals surface area contributed by atoms with Crippen LogP contribution in [0.3, 0.4) is 0 Å². The van der Waals surface area contributed by atoms with Crippen molar-refractivity contribution in [1.82, 2.24) is 5.06 Å². The zero-order chi connectivity index (χ0) is 29.0. The highest BCUT2D eigenvalue weighted by molar-refractivity contribution is 5.73. The first-order chi connectivity index (χ1) is 19.1. The van der Waals surface area contributed by atoms with Gasteiger partial charge in [0.05, 0.1) is 30.8 Å². The fourth-order valence-corrected chi connectivity index (χ4v) is 5.83. The molecule has 0 bridgehead atoms. The van der Waals surface area contributed by atoms with Gasteiger partial charge < -0.3 is 9.47 Å². The second kappa shape index (κ2) is 15.2. The van der Waals surface area contributed by atoms with Crippen LogP contribution in [0.5, 0.6) is 5.75 Å². The van der Waals surface area contributed by atoms with E-state index in [4.69, 9.17) is 14.7 Å². The van der Waals surface area contributed by atoms with Gasteiger partial charge in [0, 0.05) is 11.1 Å². The molecule has 1 aliphatic rings. The third-order valence-electron chi connectivity index (χ3n) is 7.93. The topological polar surface area (TPSA) is 82.5 Å². The van der Waals surface area contributed by atoms with Gasteiger partial charge in [0.2, 0.25) is 0 Å². The Morgan fingerprint density at radius 3 is 1.73 bits per heavy atom. The number of hydroxylamine groups is 2. The molecule has 6 heteroatoms. The molecule has 0 N–H and O–H groups in total. The fraction of sp³-hybridized carbons (Fsp3) is 0.588. The molecule has 217 valence electrons. The zero-order valence-corrected chi connectivity index (χ0v) is 24.9. The lowest BCUT2D eigenvalue weighted by molar-refractivity contribution is -0.293. The molecule has 2 aromatic carbocycles. The predicted octanol–water partition coefficient (Wildman–Crippen LogP) is 8.27. The van der Waals surface area contributed by atoms with Gasteiger partial charge in [-0.1, -0.05) is 69.2 Å². The molecule has 0 amide bonds. The Morgan fingerprint density at radius 2 is 1.23 bits per heavy atom. The molecule has 0 atom stereocenters. The van der Waals surface area contributed by atoms with Crippen molar-refractivity contribution in [3.8, 4) is 22.9 Å². The van der Waals surface area contributed by atoms with E-state index < -0.39 is 11.1 Å². The molecule has 1 fully saturated rings. The maximum atomic E-state index is 12.6. The molecule has 6 nitrogen and oxygen atoms in total. The number of esters is 1. The molecule has 0 saturated carbocycles. The van der Waals surface area contributed by atoms with Crippen LogP contribution in [0.1, 0.15) is 104 Å². The van der Waals surface area contributed by atoms with Crippen molar-refractivity contribution < 1.29 is 19.5 Å². The predicted molar refractivity (Wildman–Crippen MR) is 158 cm³/mol. The second-order valence-electron chi connectivity index (χ2n) is 12.4. The first kappa shape index (κ1) is 31.6. The van der Waals surface area contributed by atoms with Crippen LogP contribution >= 0.6 is 0 Å². The zero-order valence-electron chi connectivity index (χ0n) is 24.9. The summed E-state index contributed by atoms with van der Waals surface area (Å²) in [5.74, 6) is 0.558. The van der Waals surface area contributed by atoms with E-state index >= 15 is 0 Å². The molecule has 1 saturated heterocycles. The minimum Gasteiger partial charge on any atom is -0.494 e. The first-order valence-corrected chi connectivity index (χ1v) is 15.0. The van der Waals surface area contributed by atoms with Crippen LogP contribution < -0.4 is 4.74 Å². The molecule has 40 heavy (non-hydrogen) atoms. The molecule has 1 heterocycles. The van der Waals surface area contributed by atoms with E-state index in [1.165, 1.54) is 38.5 Å². The van der Waals surface area contributed by atoms with E-state index in [0.29, 0.717) is 25.0 Å². The number of hydrogen-bond acceptors (Lipinski definition) is 5. The van der Waals surface area contributed by atoms with Gasteiger partial charge in [-0.15, -0.1) is 10.3 Å². The normalized spacial score (nSPS) is 16.8. The van der Waals surface area contributed by atoms with Crippen molar-refractivity contribution >= 4 is 5.97 Å². The monoisotopic (exact) mass is 547 g/mol. The summed E-state index contributed by atoms with van der Waals surface area (Å²) in [6.45, 7) is 8.87. The van der Waals surface area contributed by atoms with Gasteiger partial charge in [0.15, 0.2) is 0 Å². The van der Waals surface area contributed by atoms with Gasteiger partial charge in [-0.2, -0.15) is 5.26 Å². The Labute approximate surface area is 241 Å². The van der Waals surface area contributed by atoms with Gasteiger partial charge in [-0.05, 0) is 88.8 Å². The highest BCUT2D eigenvalue weighted by Gasteiger charge is 2.48. The van der Waals surface area contributed by atoms with Gasteiger partial charge in [-0.25, -0.2) is 0 Å². The summed E-state index contributed by atoms with van der Waals surface area (Å²) in [7, 11) is 0. The lowest BCUT2D eigenvalue weighted by Crippen LogP contribution is -2.59. The Bertz CT molecular complexity index is 1070. The summed E-state index contributed by atoms with van der Waals surface area (Å²) < 4.78 is 11.5. The molecular weight excluding hydrogens is 500 g/mol.